The van der Waals surface area contributed by atoms with Crippen LogP contribution < -0.4 is 8.96 Å². The minimum atomic E-state index is -2.17. The number of aryl methyl sites for hydroxylation is 2. The van der Waals surface area contributed by atoms with Crippen molar-refractivity contribution >= 4 is 17.7 Å². The number of pyridine rings is 1. The van der Waals surface area contributed by atoms with Crippen LogP contribution in [0.3, 0.4) is 0 Å². The van der Waals surface area contributed by atoms with Crippen LogP contribution in [0, 0.1) is 12.7 Å². The van der Waals surface area contributed by atoms with Gasteiger partial charge in [0.15, 0.2) is 0 Å². The Morgan fingerprint density at radius 1 is 1.00 bits per heavy atom. The van der Waals surface area contributed by atoms with E-state index in [9.17, 15) is 4.39 Å². The van der Waals surface area contributed by atoms with Gasteiger partial charge in [0.25, 0.3) is 0 Å². The van der Waals surface area contributed by atoms with Crippen LogP contribution in [0.1, 0.15) is 32.2 Å². The zero-order valence-electron chi connectivity index (χ0n) is 19.0. The second-order valence-corrected chi connectivity index (χ2v) is 19.4. The van der Waals surface area contributed by atoms with E-state index in [2.05, 4.69) is 41.1 Å². The fourth-order valence-corrected chi connectivity index (χ4v) is 7.31. The van der Waals surface area contributed by atoms with Crippen molar-refractivity contribution in [2.24, 2.45) is 7.05 Å². The molecule has 0 saturated heterocycles. The molecule has 0 bridgehead atoms. The summed E-state index contributed by atoms with van der Waals surface area (Å²) in [5, 5.41) is 0. The van der Waals surface area contributed by atoms with Gasteiger partial charge in [-0.1, -0.05) is 0 Å². The number of benzene rings is 2. The predicted molar refractivity (Wildman–Crippen MR) is 120 cm³/mol. The van der Waals surface area contributed by atoms with Crippen molar-refractivity contribution in [3.8, 4) is 22.4 Å². The average molecular weight is 438 g/mol. The van der Waals surface area contributed by atoms with E-state index in [0.29, 0.717) is 5.56 Å². The number of aromatic nitrogens is 1. The number of hydrogen-bond acceptors (Lipinski definition) is 0. The summed E-state index contributed by atoms with van der Waals surface area (Å²) in [5.74, 6) is 6.19. The molecule has 3 rings (SSSR count). The van der Waals surface area contributed by atoms with Crippen molar-refractivity contribution in [1.82, 2.24) is 0 Å². The molecule has 3 aromatic rings. The second kappa shape index (κ2) is 7.83. The van der Waals surface area contributed by atoms with E-state index in [4.69, 9.17) is 1.37 Å². The van der Waals surface area contributed by atoms with Gasteiger partial charge in [0.1, 0.15) is 0 Å². The molecule has 0 aliphatic rings. The molecule has 2 aromatic carbocycles. The Hall–Kier alpha value is -1.94. The molecule has 146 valence electrons. The zero-order valence-corrected chi connectivity index (χ0v) is 20.1. The fraction of sp³-hybridized carbons (Fsp3) is 0.320. The molecule has 0 saturated carbocycles. The maximum absolute atomic E-state index is 14.8. The number of rotatable bonds is 4. The van der Waals surface area contributed by atoms with Gasteiger partial charge in [-0.25, -0.2) is 0 Å². The first-order valence-electron chi connectivity index (χ1n) is 10.3. The molecule has 0 amide bonds. The average Bonchev–Trinajstić information content (AvgIpc) is 2.61. The van der Waals surface area contributed by atoms with Gasteiger partial charge in [-0.3, -0.25) is 0 Å². The van der Waals surface area contributed by atoms with Crippen LogP contribution in [0.25, 0.3) is 22.4 Å². The molecule has 0 atom stereocenters. The first-order chi connectivity index (χ1) is 13.4. The molecule has 0 fully saturated rings. The Morgan fingerprint density at radius 2 is 1.64 bits per heavy atom. The molecule has 0 spiro atoms. The molecule has 1 heterocycles. The van der Waals surface area contributed by atoms with Crippen LogP contribution in [-0.4, -0.2) is 13.3 Å². The van der Waals surface area contributed by atoms with Crippen LogP contribution in [0.15, 0.2) is 54.7 Å². The number of nitrogens with zero attached hydrogens (tertiary/aromatic N) is 1. The van der Waals surface area contributed by atoms with Gasteiger partial charge in [0.2, 0.25) is 0 Å². The van der Waals surface area contributed by atoms with E-state index in [0.717, 1.165) is 27.9 Å². The van der Waals surface area contributed by atoms with Gasteiger partial charge >= 0.3 is 173 Å². The normalized spacial score (nSPS) is 12.8. The van der Waals surface area contributed by atoms with Crippen molar-refractivity contribution in [2.45, 2.75) is 43.9 Å². The topological polar surface area (TPSA) is 3.88 Å². The third-order valence-electron chi connectivity index (χ3n) is 5.30. The predicted octanol–water partition coefficient (Wildman–Crippen LogP) is 5.96. The number of halogens is 1. The fourth-order valence-electron chi connectivity index (χ4n) is 3.72. The molecular formula is C25H31FGeN+. The summed E-state index contributed by atoms with van der Waals surface area (Å²) in [6.45, 7) is 5.86. The molecule has 0 radical (unpaired) electrons. The van der Waals surface area contributed by atoms with Crippen LogP contribution >= 0.6 is 0 Å². The van der Waals surface area contributed by atoms with Crippen molar-refractivity contribution in [1.29, 1.82) is 0 Å². The van der Waals surface area contributed by atoms with E-state index >= 15 is 0 Å². The standard InChI is InChI=1S/C25H31FGeN/c1-17(2)20-15-25(28(7)16-24(20)27(4,5)6)21-14-22(23(26)13-18(21)3)19-11-9-8-10-12-19/h8-17H,1-7H3/q+1/i17D. The summed E-state index contributed by atoms with van der Waals surface area (Å²) >= 11 is -2.17. The molecular weight excluding hydrogens is 406 g/mol. The van der Waals surface area contributed by atoms with E-state index in [-0.39, 0.29) is 5.82 Å². The van der Waals surface area contributed by atoms with E-state index < -0.39 is 19.2 Å². The van der Waals surface area contributed by atoms with Gasteiger partial charge in [0, 0.05) is 0 Å². The van der Waals surface area contributed by atoms with E-state index in [1.54, 1.807) is 6.07 Å². The zero-order chi connectivity index (χ0) is 21.6. The quantitative estimate of drug-likeness (QED) is 0.350. The SMILES string of the molecule is [2H]C(C)(C)c1cc(-c2cc(-c3ccccc3)c(F)cc2C)[n+](C)c[c]1[Ge]([CH3])([CH3])[CH3]. The summed E-state index contributed by atoms with van der Waals surface area (Å²) in [4.78, 5) is 0. The van der Waals surface area contributed by atoms with Gasteiger partial charge < -0.3 is 0 Å². The second-order valence-electron chi connectivity index (χ2n) is 8.86. The molecule has 0 unspecified atom stereocenters. The van der Waals surface area contributed by atoms with Gasteiger partial charge in [-0.15, -0.1) is 0 Å². The Kier molecular flexibility index (Phi) is 5.42. The van der Waals surface area contributed by atoms with Crippen LogP contribution in [0.2, 0.25) is 17.3 Å². The summed E-state index contributed by atoms with van der Waals surface area (Å²) < 4.78 is 27.0. The summed E-state index contributed by atoms with van der Waals surface area (Å²) in [7, 11) is 2.05. The Labute approximate surface area is 173 Å². The molecule has 1 nitrogen and oxygen atoms in total. The first-order valence-corrected chi connectivity index (χ1v) is 17.1. The molecule has 0 aliphatic heterocycles. The van der Waals surface area contributed by atoms with Crippen molar-refractivity contribution in [3.05, 3.63) is 71.7 Å². The molecule has 0 N–H and O–H groups in total. The van der Waals surface area contributed by atoms with Crippen molar-refractivity contribution in [2.75, 3.05) is 0 Å². The van der Waals surface area contributed by atoms with Crippen LogP contribution in [0.5, 0.6) is 0 Å². The Bertz CT molecular complexity index is 1050. The monoisotopic (exact) mass is 439 g/mol. The molecule has 1 aromatic heterocycles. The minimum absolute atomic E-state index is 0.206. The van der Waals surface area contributed by atoms with Gasteiger partial charge in [-0.2, -0.15) is 0 Å². The van der Waals surface area contributed by atoms with E-state index in [1.165, 1.54) is 4.40 Å². The van der Waals surface area contributed by atoms with Crippen molar-refractivity contribution < 1.29 is 10.3 Å². The molecule has 3 heteroatoms. The molecule has 0 aliphatic carbocycles. The first kappa shape index (κ1) is 19.4. The maximum atomic E-state index is 14.8. The van der Waals surface area contributed by atoms with Crippen LogP contribution in [0.4, 0.5) is 4.39 Å². The summed E-state index contributed by atoms with van der Waals surface area (Å²) in [6, 6.07) is 15.4. The van der Waals surface area contributed by atoms with Gasteiger partial charge in [0.05, 0.1) is 0 Å². The number of hydrogen-bond donors (Lipinski definition) is 0. The third-order valence-corrected chi connectivity index (χ3v) is 9.52. The summed E-state index contributed by atoms with van der Waals surface area (Å²) in [6.07, 6.45) is 2.21. The van der Waals surface area contributed by atoms with Crippen molar-refractivity contribution in [3.63, 3.8) is 0 Å². The summed E-state index contributed by atoms with van der Waals surface area (Å²) in [5.41, 5.74) is 5.49. The van der Waals surface area contributed by atoms with Gasteiger partial charge in [-0.05, 0) is 0 Å². The van der Waals surface area contributed by atoms with Crippen LogP contribution in [-0.2, 0) is 7.05 Å². The Balaban J connectivity index is 2.29. The third kappa shape index (κ3) is 4.07. The molecule has 28 heavy (non-hydrogen) atoms. The Morgan fingerprint density at radius 3 is 2.21 bits per heavy atom. The van der Waals surface area contributed by atoms with E-state index in [1.807, 2.05) is 57.2 Å².